The predicted octanol–water partition coefficient (Wildman–Crippen LogP) is 6.77. The maximum Gasteiger partial charge on any atom is 0.222 e. The molecule has 9 heteroatoms. The van der Waals surface area contributed by atoms with Crippen LogP contribution < -0.4 is 0 Å². The summed E-state index contributed by atoms with van der Waals surface area (Å²) in [5.74, 6) is 1.95. The number of hydrogen-bond donors (Lipinski definition) is 0. The van der Waals surface area contributed by atoms with Crippen LogP contribution in [0.4, 0.5) is 0 Å². The molecule has 6 nitrogen and oxygen atoms in total. The Kier molecular flexibility index (Phi) is 10.2. The summed E-state index contributed by atoms with van der Waals surface area (Å²) in [6, 6.07) is 26.3. The second kappa shape index (κ2) is 14.2. The lowest BCUT2D eigenvalue weighted by atomic mass is 10.1. The van der Waals surface area contributed by atoms with Crippen LogP contribution in [0.3, 0.4) is 0 Å². The molecule has 4 aromatic rings. The Bertz CT molecular complexity index is 1390. The molecular weight excluding hydrogens is 561 g/mol. The summed E-state index contributed by atoms with van der Waals surface area (Å²) in [6.45, 7) is 4.40. The number of halogens is 2. The van der Waals surface area contributed by atoms with Gasteiger partial charge in [-0.05, 0) is 42.2 Å². The molecule has 1 aliphatic rings. The third-order valence-electron chi connectivity index (χ3n) is 7.06. The lowest BCUT2D eigenvalue weighted by molar-refractivity contribution is -0.133. The Morgan fingerprint density at radius 2 is 1.50 bits per heavy atom. The van der Waals surface area contributed by atoms with Crippen molar-refractivity contribution < 1.29 is 4.79 Å². The SMILES string of the molecule is O=C(CCCCSc1nnc(Cc2ccccc2)n1-c1ccc(Cl)c(Cl)c1)N1CCN(Cc2ccccc2)CC1. The molecule has 208 valence electrons. The molecule has 0 atom stereocenters. The highest BCUT2D eigenvalue weighted by atomic mass is 35.5. The van der Waals surface area contributed by atoms with E-state index in [1.807, 2.05) is 41.3 Å². The van der Waals surface area contributed by atoms with Crippen LogP contribution in [0.25, 0.3) is 5.69 Å². The highest BCUT2D eigenvalue weighted by Gasteiger charge is 2.21. The van der Waals surface area contributed by atoms with Gasteiger partial charge in [-0.1, -0.05) is 95.6 Å². The van der Waals surface area contributed by atoms with Gasteiger partial charge in [0.2, 0.25) is 5.91 Å². The minimum Gasteiger partial charge on any atom is -0.340 e. The number of unbranched alkanes of at least 4 members (excludes halogenated alkanes) is 1. The van der Waals surface area contributed by atoms with E-state index < -0.39 is 0 Å². The van der Waals surface area contributed by atoms with E-state index in [1.54, 1.807) is 17.8 Å². The van der Waals surface area contributed by atoms with Crippen LogP contribution in [-0.4, -0.2) is 62.4 Å². The summed E-state index contributed by atoms with van der Waals surface area (Å²) in [7, 11) is 0. The number of nitrogens with zero attached hydrogens (tertiary/aromatic N) is 5. The number of piperazine rings is 1. The van der Waals surface area contributed by atoms with E-state index in [4.69, 9.17) is 23.2 Å². The number of hydrogen-bond acceptors (Lipinski definition) is 5. The third-order valence-corrected chi connectivity index (χ3v) is 8.81. The second-order valence-electron chi connectivity index (χ2n) is 9.94. The van der Waals surface area contributed by atoms with Gasteiger partial charge in [-0.3, -0.25) is 14.3 Å². The number of carbonyl (C=O) groups excluding carboxylic acids is 1. The Morgan fingerprint density at radius 3 is 2.20 bits per heavy atom. The van der Waals surface area contributed by atoms with Gasteiger partial charge in [0, 0.05) is 51.3 Å². The van der Waals surface area contributed by atoms with Crippen LogP contribution in [0.5, 0.6) is 0 Å². The summed E-state index contributed by atoms with van der Waals surface area (Å²) in [4.78, 5) is 17.3. The fourth-order valence-corrected chi connectivity index (χ4v) is 6.13. The van der Waals surface area contributed by atoms with Crippen LogP contribution in [0.15, 0.2) is 84.0 Å². The minimum absolute atomic E-state index is 0.258. The first-order valence-corrected chi connectivity index (χ1v) is 15.4. The van der Waals surface area contributed by atoms with Gasteiger partial charge in [0.25, 0.3) is 0 Å². The van der Waals surface area contributed by atoms with Gasteiger partial charge in [-0.2, -0.15) is 0 Å². The third kappa shape index (κ3) is 7.67. The molecule has 0 saturated carbocycles. The molecule has 0 aliphatic carbocycles. The van der Waals surface area contributed by atoms with Crippen molar-refractivity contribution in [2.75, 3.05) is 31.9 Å². The smallest absolute Gasteiger partial charge is 0.222 e. The molecule has 0 unspecified atom stereocenters. The number of carbonyl (C=O) groups is 1. The van der Waals surface area contributed by atoms with Crippen molar-refractivity contribution in [2.45, 2.75) is 37.4 Å². The van der Waals surface area contributed by atoms with Crippen molar-refractivity contribution in [3.05, 3.63) is 106 Å². The van der Waals surface area contributed by atoms with Gasteiger partial charge in [0.1, 0.15) is 5.82 Å². The van der Waals surface area contributed by atoms with Crippen molar-refractivity contribution >= 4 is 40.9 Å². The van der Waals surface area contributed by atoms with Crippen molar-refractivity contribution in [2.24, 2.45) is 0 Å². The Hall–Kier alpha value is -2.84. The van der Waals surface area contributed by atoms with E-state index in [0.29, 0.717) is 22.9 Å². The predicted molar refractivity (Wildman–Crippen MR) is 164 cm³/mol. The summed E-state index contributed by atoms with van der Waals surface area (Å²) in [5.41, 5.74) is 3.36. The lowest BCUT2D eigenvalue weighted by Gasteiger charge is -2.34. The van der Waals surface area contributed by atoms with Crippen LogP contribution >= 0.6 is 35.0 Å². The monoisotopic (exact) mass is 593 g/mol. The Morgan fingerprint density at radius 1 is 0.800 bits per heavy atom. The van der Waals surface area contributed by atoms with Gasteiger partial charge in [0.05, 0.1) is 15.7 Å². The van der Waals surface area contributed by atoms with Crippen LogP contribution in [-0.2, 0) is 17.8 Å². The fourth-order valence-electron chi connectivity index (χ4n) is 4.87. The molecule has 1 saturated heterocycles. The van der Waals surface area contributed by atoms with Gasteiger partial charge >= 0.3 is 0 Å². The van der Waals surface area contributed by atoms with Crippen LogP contribution in [0, 0.1) is 0 Å². The molecule has 0 radical (unpaired) electrons. The average molecular weight is 595 g/mol. The van der Waals surface area contributed by atoms with Crippen LogP contribution in [0.2, 0.25) is 10.0 Å². The van der Waals surface area contributed by atoms with Gasteiger partial charge in [-0.15, -0.1) is 10.2 Å². The topological polar surface area (TPSA) is 54.3 Å². The van der Waals surface area contributed by atoms with Crippen LogP contribution in [0.1, 0.15) is 36.2 Å². The maximum atomic E-state index is 12.8. The first kappa shape index (κ1) is 28.7. The first-order chi connectivity index (χ1) is 19.6. The standard InChI is InChI=1S/C31H33Cl2N5OS/c32-27-15-14-26(22-28(27)33)38-29(21-24-9-3-1-4-10-24)34-35-31(38)40-20-8-7-13-30(39)37-18-16-36(17-19-37)23-25-11-5-2-6-12-25/h1-6,9-12,14-15,22H,7-8,13,16-21,23H2. The summed E-state index contributed by atoms with van der Waals surface area (Å²) in [6.07, 6.45) is 3.01. The van der Waals surface area contributed by atoms with Gasteiger partial charge < -0.3 is 4.90 Å². The maximum absolute atomic E-state index is 12.8. The fraction of sp³-hybridized carbons (Fsp3) is 0.323. The van der Waals surface area contributed by atoms with Crippen molar-refractivity contribution in [1.29, 1.82) is 0 Å². The molecule has 1 fully saturated rings. The first-order valence-electron chi connectivity index (χ1n) is 13.7. The van der Waals surface area contributed by atoms with Crippen molar-refractivity contribution in [1.82, 2.24) is 24.6 Å². The number of aromatic nitrogens is 3. The summed E-state index contributed by atoms with van der Waals surface area (Å²) >= 11 is 14.2. The molecule has 0 bridgehead atoms. The number of amides is 1. The highest BCUT2D eigenvalue weighted by Crippen LogP contribution is 2.29. The van der Waals surface area contributed by atoms with Crippen molar-refractivity contribution in [3.63, 3.8) is 0 Å². The zero-order valence-electron chi connectivity index (χ0n) is 22.4. The van der Waals surface area contributed by atoms with E-state index in [-0.39, 0.29) is 5.91 Å². The molecule has 0 N–H and O–H groups in total. The second-order valence-corrected chi connectivity index (χ2v) is 11.8. The summed E-state index contributed by atoms with van der Waals surface area (Å²) < 4.78 is 2.06. The lowest BCUT2D eigenvalue weighted by Crippen LogP contribution is -2.48. The van der Waals surface area contributed by atoms with Crippen molar-refractivity contribution in [3.8, 4) is 5.69 Å². The molecule has 40 heavy (non-hydrogen) atoms. The van der Waals surface area contributed by atoms with E-state index in [2.05, 4.69) is 56.1 Å². The number of benzene rings is 3. The zero-order valence-corrected chi connectivity index (χ0v) is 24.7. The average Bonchev–Trinajstić information content (AvgIpc) is 3.37. The molecule has 1 amide bonds. The molecule has 1 aromatic heterocycles. The molecule has 3 aromatic carbocycles. The quantitative estimate of drug-likeness (QED) is 0.142. The van der Waals surface area contributed by atoms with E-state index in [9.17, 15) is 4.79 Å². The molecular formula is C31H33Cl2N5OS. The van der Waals surface area contributed by atoms with E-state index in [0.717, 1.165) is 73.5 Å². The molecule has 2 heterocycles. The Balaban J connectivity index is 1.12. The van der Waals surface area contributed by atoms with Gasteiger partial charge in [0.15, 0.2) is 5.16 Å². The summed E-state index contributed by atoms with van der Waals surface area (Å²) in [5, 5.41) is 10.8. The van der Waals surface area contributed by atoms with Gasteiger partial charge in [-0.25, -0.2) is 0 Å². The molecule has 0 spiro atoms. The van der Waals surface area contributed by atoms with E-state index in [1.165, 1.54) is 5.56 Å². The normalized spacial score (nSPS) is 14.0. The molecule has 5 rings (SSSR count). The minimum atomic E-state index is 0.258. The zero-order chi connectivity index (χ0) is 27.7. The van der Waals surface area contributed by atoms with E-state index >= 15 is 0 Å². The highest BCUT2D eigenvalue weighted by molar-refractivity contribution is 7.99. The molecule has 1 aliphatic heterocycles. The Labute approximate surface area is 250 Å². The largest absolute Gasteiger partial charge is 0.340 e. The number of thioether (sulfide) groups is 1. The number of rotatable bonds is 11.